The summed E-state index contributed by atoms with van der Waals surface area (Å²) in [5.41, 5.74) is 5.86. The Kier molecular flexibility index (Phi) is 4.55. The van der Waals surface area contributed by atoms with E-state index in [0.29, 0.717) is 13.2 Å². The minimum absolute atomic E-state index is 0.0551. The van der Waals surface area contributed by atoms with Crippen molar-refractivity contribution in [2.45, 2.75) is 59.2 Å². The Hall–Kier alpha value is -0.610. The van der Waals surface area contributed by atoms with Crippen LogP contribution < -0.4 is 5.73 Å². The van der Waals surface area contributed by atoms with Crippen LogP contribution in [0.3, 0.4) is 0 Å². The lowest BCUT2D eigenvalue weighted by Gasteiger charge is -2.41. The normalized spacial score (nSPS) is 28.0. The minimum atomic E-state index is -0.443. The summed E-state index contributed by atoms with van der Waals surface area (Å²) < 4.78 is 5.59. The number of rotatable bonds is 2. The molecule has 0 aromatic rings. The molecule has 4 nitrogen and oxygen atoms in total. The molecule has 0 aromatic heterocycles. The van der Waals surface area contributed by atoms with Gasteiger partial charge < -0.3 is 15.4 Å². The lowest BCUT2D eigenvalue weighted by Crippen LogP contribution is -2.58. The third kappa shape index (κ3) is 3.42. The van der Waals surface area contributed by atoms with Crippen molar-refractivity contribution in [3.63, 3.8) is 0 Å². The molecule has 1 amide bonds. The fraction of sp³-hybridized carbons (Fsp3) is 0.923. The molecule has 1 heterocycles. The average molecular weight is 242 g/mol. The van der Waals surface area contributed by atoms with E-state index in [4.69, 9.17) is 10.5 Å². The molecular formula is C13H26N2O2. The Labute approximate surface area is 104 Å². The van der Waals surface area contributed by atoms with Crippen molar-refractivity contribution in [3.05, 3.63) is 0 Å². The zero-order chi connectivity index (χ0) is 13.2. The van der Waals surface area contributed by atoms with Gasteiger partial charge >= 0.3 is 0 Å². The molecule has 100 valence electrons. The van der Waals surface area contributed by atoms with Crippen LogP contribution in [0.25, 0.3) is 0 Å². The summed E-state index contributed by atoms with van der Waals surface area (Å²) in [4.78, 5) is 14.3. The van der Waals surface area contributed by atoms with Crippen molar-refractivity contribution in [1.29, 1.82) is 0 Å². The molecule has 1 aliphatic rings. The van der Waals surface area contributed by atoms with E-state index in [-0.39, 0.29) is 23.5 Å². The van der Waals surface area contributed by atoms with E-state index in [1.165, 1.54) is 0 Å². The molecule has 0 bridgehead atoms. The Morgan fingerprint density at radius 1 is 1.53 bits per heavy atom. The van der Waals surface area contributed by atoms with Crippen LogP contribution in [-0.4, -0.2) is 42.1 Å². The van der Waals surface area contributed by atoms with Crippen molar-refractivity contribution in [2.75, 3.05) is 13.2 Å². The molecule has 17 heavy (non-hydrogen) atoms. The predicted octanol–water partition coefficient (Wildman–Crippen LogP) is 1.39. The first-order chi connectivity index (χ1) is 7.77. The van der Waals surface area contributed by atoms with Gasteiger partial charge in [0.1, 0.15) is 0 Å². The van der Waals surface area contributed by atoms with Crippen LogP contribution in [0.15, 0.2) is 0 Å². The molecule has 0 aromatic carbocycles. The number of ether oxygens (including phenoxy) is 1. The number of nitrogens with zero attached hydrogens (tertiary/aromatic N) is 1. The number of morpholine rings is 1. The lowest BCUT2D eigenvalue weighted by atomic mass is 9.86. The van der Waals surface area contributed by atoms with Crippen LogP contribution >= 0.6 is 0 Å². The van der Waals surface area contributed by atoms with Gasteiger partial charge in [0.25, 0.3) is 0 Å². The van der Waals surface area contributed by atoms with Gasteiger partial charge in [0.2, 0.25) is 5.91 Å². The summed E-state index contributed by atoms with van der Waals surface area (Å²) in [6.45, 7) is 11.4. The molecule has 1 fully saturated rings. The van der Waals surface area contributed by atoms with Gasteiger partial charge in [-0.1, -0.05) is 27.7 Å². The highest BCUT2D eigenvalue weighted by molar-refractivity contribution is 5.82. The number of carbonyl (C=O) groups excluding carboxylic acids is 1. The van der Waals surface area contributed by atoms with E-state index < -0.39 is 6.04 Å². The number of carbonyl (C=O) groups is 1. The maximum atomic E-state index is 12.4. The molecule has 4 heteroatoms. The molecular weight excluding hydrogens is 216 g/mol. The number of hydrogen-bond donors (Lipinski definition) is 1. The molecule has 0 radical (unpaired) electrons. The summed E-state index contributed by atoms with van der Waals surface area (Å²) in [5.74, 6) is 0.0551. The van der Waals surface area contributed by atoms with Gasteiger partial charge in [-0.15, -0.1) is 0 Å². The minimum Gasteiger partial charge on any atom is -0.375 e. The first-order valence-corrected chi connectivity index (χ1v) is 6.45. The van der Waals surface area contributed by atoms with Crippen molar-refractivity contribution in [1.82, 2.24) is 4.90 Å². The molecule has 2 N–H and O–H groups in total. The van der Waals surface area contributed by atoms with Gasteiger partial charge in [0, 0.05) is 6.54 Å². The zero-order valence-electron chi connectivity index (χ0n) is 11.7. The third-order valence-corrected chi connectivity index (χ3v) is 3.42. The van der Waals surface area contributed by atoms with Crippen molar-refractivity contribution < 1.29 is 9.53 Å². The second-order valence-corrected chi connectivity index (χ2v) is 6.04. The highest BCUT2D eigenvalue weighted by atomic mass is 16.5. The molecule has 0 saturated carbocycles. The van der Waals surface area contributed by atoms with E-state index in [9.17, 15) is 4.79 Å². The first kappa shape index (κ1) is 14.5. The zero-order valence-corrected chi connectivity index (χ0v) is 11.7. The van der Waals surface area contributed by atoms with Gasteiger partial charge in [0.05, 0.1) is 24.8 Å². The average Bonchev–Trinajstić information content (AvgIpc) is 2.25. The van der Waals surface area contributed by atoms with E-state index >= 15 is 0 Å². The van der Waals surface area contributed by atoms with Crippen molar-refractivity contribution >= 4 is 5.91 Å². The highest BCUT2D eigenvalue weighted by Crippen LogP contribution is 2.22. The third-order valence-electron chi connectivity index (χ3n) is 3.42. The molecule has 1 saturated heterocycles. The summed E-state index contributed by atoms with van der Waals surface area (Å²) >= 11 is 0. The standard InChI is InChI=1S/C13H26N2O2/c1-6-10-8-17-9(2)7-15(10)12(16)11(14)13(3,4)5/h9-11H,6-8,14H2,1-5H3/t9?,10?,11-/m1/s1. The predicted molar refractivity (Wildman–Crippen MR) is 68.6 cm³/mol. The van der Waals surface area contributed by atoms with Crippen LogP contribution in [0.4, 0.5) is 0 Å². The van der Waals surface area contributed by atoms with Crippen molar-refractivity contribution in [3.8, 4) is 0 Å². The van der Waals surface area contributed by atoms with Crippen LogP contribution in [-0.2, 0) is 9.53 Å². The number of nitrogens with two attached hydrogens (primary N) is 1. The van der Waals surface area contributed by atoms with Crippen molar-refractivity contribution in [2.24, 2.45) is 11.1 Å². The van der Waals surface area contributed by atoms with E-state index in [2.05, 4.69) is 6.92 Å². The first-order valence-electron chi connectivity index (χ1n) is 6.45. The largest absolute Gasteiger partial charge is 0.375 e. The number of amides is 1. The molecule has 3 atom stereocenters. The fourth-order valence-corrected chi connectivity index (χ4v) is 2.00. The Morgan fingerprint density at radius 3 is 2.59 bits per heavy atom. The lowest BCUT2D eigenvalue weighted by molar-refractivity contribution is -0.148. The topological polar surface area (TPSA) is 55.6 Å². The molecule has 0 spiro atoms. The molecule has 2 unspecified atom stereocenters. The Balaban J connectivity index is 2.77. The van der Waals surface area contributed by atoms with Gasteiger partial charge in [0.15, 0.2) is 0 Å². The second kappa shape index (κ2) is 5.36. The summed E-state index contributed by atoms with van der Waals surface area (Å²) in [5, 5.41) is 0. The fourth-order valence-electron chi connectivity index (χ4n) is 2.00. The van der Waals surface area contributed by atoms with E-state index in [1.54, 1.807) is 0 Å². The second-order valence-electron chi connectivity index (χ2n) is 6.04. The maximum Gasteiger partial charge on any atom is 0.240 e. The van der Waals surface area contributed by atoms with Crippen LogP contribution in [0.5, 0.6) is 0 Å². The van der Waals surface area contributed by atoms with Crippen LogP contribution in [0.1, 0.15) is 41.0 Å². The summed E-state index contributed by atoms with van der Waals surface area (Å²) in [6, 6.07) is -0.269. The Morgan fingerprint density at radius 2 is 2.12 bits per heavy atom. The molecule has 0 aliphatic carbocycles. The highest BCUT2D eigenvalue weighted by Gasteiger charge is 2.36. The van der Waals surface area contributed by atoms with E-state index in [1.807, 2.05) is 32.6 Å². The molecule has 1 aliphatic heterocycles. The SMILES string of the molecule is CCC1COC(C)CN1C(=O)[C@@H](N)C(C)(C)C. The van der Waals surface area contributed by atoms with Crippen LogP contribution in [0, 0.1) is 5.41 Å². The number of hydrogen-bond acceptors (Lipinski definition) is 3. The quantitative estimate of drug-likeness (QED) is 0.796. The summed E-state index contributed by atoms with van der Waals surface area (Å²) in [6.07, 6.45) is 1.02. The van der Waals surface area contributed by atoms with Gasteiger partial charge in [-0.2, -0.15) is 0 Å². The van der Waals surface area contributed by atoms with E-state index in [0.717, 1.165) is 6.42 Å². The van der Waals surface area contributed by atoms with Gasteiger partial charge in [-0.25, -0.2) is 0 Å². The molecule has 1 rings (SSSR count). The summed E-state index contributed by atoms with van der Waals surface area (Å²) in [7, 11) is 0. The smallest absolute Gasteiger partial charge is 0.240 e. The van der Waals surface area contributed by atoms with Gasteiger partial charge in [-0.05, 0) is 18.8 Å². The monoisotopic (exact) mass is 242 g/mol. The maximum absolute atomic E-state index is 12.4. The van der Waals surface area contributed by atoms with Gasteiger partial charge in [-0.3, -0.25) is 4.79 Å². The van der Waals surface area contributed by atoms with Crippen LogP contribution in [0.2, 0.25) is 0 Å². The Bertz CT molecular complexity index is 273.